The van der Waals surface area contributed by atoms with Gasteiger partial charge < -0.3 is 5.73 Å². The maximum Gasteiger partial charge on any atom is 0.0606 e. The van der Waals surface area contributed by atoms with Gasteiger partial charge >= 0.3 is 0 Å². The van der Waals surface area contributed by atoms with Crippen LogP contribution in [0.1, 0.15) is 11.3 Å². The number of nitrogens with zero attached hydrogens (tertiary/aromatic N) is 2. The number of nitrogen functional groups attached to an aromatic ring is 1. The lowest BCUT2D eigenvalue weighted by atomic mass is 10.2. The van der Waals surface area contributed by atoms with Crippen LogP contribution in [0.3, 0.4) is 0 Å². The van der Waals surface area contributed by atoms with Crippen molar-refractivity contribution < 1.29 is 0 Å². The average molecular weight is 199 g/mol. The molecule has 0 atom stereocenters. The molecule has 2 aromatic rings. The first kappa shape index (κ1) is 9.52. The molecule has 0 amide bonds. The summed E-state index contributed by atoms with van der Waals surface area (Å²) in [5, 5.41) is 4.09. The van der Waals surface area contributed by atoms with E-state index in [1.54, 1.807) is 6.20 Å². The van der Waals surface area contributed by atoms with E-state index in [-0.39, 0.29) is 0 Å². The minimum atomic E-state index is 0.785. The highest BCUT2D eigenvalue weighted by molar-refractivity contribution is 5.68. The van der Waals surface area contributed by atoms with E-state index in [1.165, 1.54) is 0 Å². The molecule has 0 radical (unpaired) electrons. The van der Waals surface area contributed by atoms with Gasteiger partial charge in [0.25, 0.3) is 0 Å². The number of aromatic nitrogens is 2. The Bertz CT molecular complexity index is 466. The van der Waals surface area contributed by atoms with Crippen LogP contribution in [0.25, 0.3) is 12.2 Å². The highest BCUT2D eigenvalue weighted by atomic mass is 15.2. The number of nitrogens with two attached hydrogens (primary N) is 1. The second-order valence-corrected chi connectivity index (χ2v) is 3.38. The maximum absolute atomic E-state index is 5.60. The van der Waals surface area contributed by atoms with Crippen molar-refractivity contribution in [3.05, 3.63) is 47.8 Å². The van der Waals surface area contributed by atoms with Gasteiger partial charge in [-0.15, -0.1) is 0 Å². The van der Waals surface area contributed by atoms with Gasteiger partial charge in [-0.1, -0.05) is 18.2 Å². The Morgan fingerprint density at radius 3 is 2.47 bits per heavy atom. The lowest BCUT2D eigenvalue weighted by molar-refractivity contribution is 0.760. The van der Waals surface area contributed by atoms with Crippen molar-refractivity contribution in [2.45, 2.75) is 0 Å². The normalized spacial score (nSPS) is 11.0. The van der Waals surface area contributed by atoms with E-state index in [0.717, 1.165) is 16.9 Å². The molecule has 0 aliphatic heterocycles. The third kappa shape index (κ3) is 2.26. The smallest absolute Gasteiger partial charge is 0.0606 e. The predicted molar refractivity (Wildman–Crippen MR) is 63.0 cm³/mol. The SMILES string of the molecule is Cn1nccc1/C=C\c1ccc(N)cc1. The number of hydrogen-bond acceptors (Lipinski definition) is 2. The Balaban J connectivity index is 2.19. The number of benzene rings is 1. The molecule has 76 valence electrons. The van der Waals surface area contributed by atoms with Crippen molar-refractivity contribution in [3.63, 3.8) is 0 Å². The summed E-state index contributed by atoms with van der Waals surface area (Å²) in [4.78, 5) is 0. The third-order valence-electron chi connectivity index (χ3n) is 2.24. The van der Waals surface area contributed by atoms with Gasteiger partial charge in [0, 0.05) is 18.9 Å². The van der Waals surface area contributed by atoms with Gasteiger partial charge in [0.1, 0.15) is 0 Å². The van der Waals surface area contributed by atoms with Crippen molar-refractivity contribution in [3.8, 4) is 0 Å². The van der Waals surface area contributed by atoms with Crippen LogP contribution in [0.5, 0.6) is 0 Å². The van der Waals surface area contributed by atoms with Gasteiger partial charge in [0.05, 0.1) is 5.69 Å². The zero-order chi connectivity index (χ0) is 10.7. The molecule has 1 aromatic heterocycles. The van der Waals surface area contributed by atoms with E-state index >= 15 is 0 Å². The molecule has 0 unspecified atom stereocenters. The Kier molecular flexibility index (Phi) is 2.54. The molecule has 0 aliphatic rings. The standard InChI is InChI=1S/C12H13N3/c1-15-12(8-9-14-15)7-4-10-2-5-11(13)6-3-10/h2-9H,13H2,1H3/b7-4-. The second-order valence-electron chi connectivity index (χ2n) is 3.38. The van der Waals surface area contributed by atoms with Crippen molar-refractivity contribution in [2.75, 3.05) is 5.73 Å². The van der Waals surface area contributed by atoms with Crippen molar-refractivity contribution in [2.24, 2.45) is 7.05 Å². The summed E-state index contributed by atoms with van der Waals surface area (Å²) in [5.74, 6) is 0. The molecule has 0 aliphatic carbocycles. The first-order valence-corrected chi connectivity index (χ1v) is 4.77. The largest absolute Gasteiger partial charge is 0.399 e. The minimum Gasteiger partial charge on any atom is -0.399 e. The molecule has 0 bridgehead atoms. The fourth-order valence-corrected chi connectivity index (χ4v) is 1.34. The molecule has 3 heteroatoms. The Labute approximate surface area is 88.8 Å². The van der Waals surface area contributed by atoms with Crippen LogP contribution in [0.2, 0.25) is 0 Å². The molecular weight excluding hydrogens is 186 g/mol. The zero-order valence-electron chi connectivity index (χ0n) is 8.59. The molecule has 0 saturated heterocycles. The molecular formula is C12H13N3. The molecule has 1 heterocycles. The average Bonchev–Trinajstić information content (AvgIpc) is 2.63. The summed E-state index contributed by atoms with van der Waals surface area (Å²) >= 11 is 0. The molecule has 0 saturated carbocycles. The summed E-state index contributed by atoms with van der Waals surface area (Å²) in [6.07, 6.45) is 5.84. The third-order valence-corrected chi connectivity index (χ3v) is 2.24. The van der Waals surface area contributed by atoms with Crippen LogP contribution in [0, 0.1) is 0 Å². The highest BCUT2D eigenvalue weighted by Gasteiger charge is 1.92. The number of anilines is 1. The first-order chi connectivity index (χ1) is 7.25. The van der Waals surface area contributed by atoms with Crippen molar-refractivity contribution in [1.82, 2.24) is 9.78 Å². The number of rotatable bonds is 2. The zero-order valence-corrected chi connectivity index (χ0v) is 8.59. The summed E-state index contributed by atoms with van der Waals surface area (Å²) in [6.45, 7) is 0. The van der Waals surface area contributed by atoms with Gasteiger partial charge in [-0.25, -0.2) is 0 Å². The number of aryl methyl sites for hydroxylation is 1. The van der Waals surface area contributed by atoms with E-state index in [9.17, 15) is 0 Å². The molecule has 3 nitrogen and oxygen atoms in total. The molecule has 2 rings (SSSR count). The highest BCUT2D eigenvalue weighted by Crippen LogP contribution is 2.09. The number of hydrogen-bond donors (Lipinski definition) is 1. The van der Waals surface area contributed by atoms with Crippen molar-refractivity contribution in [1.29, 1.82) is 0 Å². The molecule has 15 heavy (non-hydrogen) atoms. The summed E-state index contributed by atoms with van der Waals surface area (Å²) in [6, 6.07) is 9.73. The van der Waals surface area contributed by atoms with Crippen LogP contribution in [-0.4, -0.2) is 9.78 Å². The fraction of sp³-hybridized carbons (Fsp3) is 0.0833. The van der Waals surface area contributed by atoms with E-state index in [2.05, 4.69) is 5.10 Å². The quantitative estimate of drug-likeness (QED) is 0.753. The van der Waals surface area contributed by atoms with E-state index in [1.807, 2.05) is 54.2 Å². The molecule has 2 N–H and O–H groups in total. The van der Waals surface area contributed by atoms with Crippen LogP contribution in [-0.2, 0) is 7.05 Å². The topological polar surface area (TPSA) is 43.8 Å². The fourth-order valence-electron chi connectivity index (χ4n) is 1.34. The van der Waals surface area contributed by atoms with Crippen LogP contribution < -0.4 is 5.73 Å². The molecule has 1 aromatic carbocycles. The molecule has 0 spiro atoms. The maximum atomic E-state index is 5.60. The summed E-state index contributed by atoms with van der Waals surface area (Å²) in [5.41, 5.74) is 8.59. The van der Waals surface area contributed by atoms with Crippen LogP contribution >= 0.6 is 0 Å². The summed E-state index contributed by atoms with van der Waals surface area (Å²) < 4.78 is 1.83. The van der Waals surface area contributed by atoms with Gasteiger partial charge in [0.15, 0.2) is 0 Å². The monoisotopic (exact) mass is 199 g/mol. The van der Waals surface area contributed by atoms with Crippen LogP contribution in [0.4, 0.5) is 5.69 Å². The first-order valence-electron chi connectivity index (χ1n) is 4.77. The van der Waals surface area contributed by atoms with Gasteiger partial charge in [-0.3, -0.25) is 4.68 Å². The molecule has 0 fully saturated rings. The van der Waals surface area contributed by atoms with E-state index in [4.69, 9.17) is 5.73 Å². The lowest BCUT2D eigenvalue weighted by Crippen LogP contribution is -1.91. The second kappa shape index (κ2) is 4.00. The predicted octanol–water partition coefficient (Wildman–Crippen LogP) is 2.17. The summed E-state index contributed by atoms with van der Waals surface area (Å²) in [7, 11) is 1.92. The van der Waals surface area contributed by atoms with Gasteiger partial charge in [-0.2, -0.15) is 5.10 Å². The van der Waals surface area contributed by atoms with Gasteiger partial charge in [0.2, 0.25) is 0 Å². The Morgan fingerprint density at radius 2 is 1.87 bits per heavy atom. The van der Waals surface area contributed by atoms with Gasteiger partial charge in [-0.05, 0) is 29.8 Å². The Morgan fingerprint density at radius 1 is 1.13 bits per heavy atom. The Hall–Kier alpha value is -2.03. The van der Waals surface area contributed by atoms with E-state index in [0.29, 0.717) is 0 Å². The van der Waals surface area contributed by atoms with E-state index < -0.39 is 0 Å². The lowest BCUT2D eigenvalue weighted by Gasteiger charge is -1.96. The van der Waals surface area contributed by atoms with Crippen LogP contribution in [0.15, 0.2) is 36.5 Å². The minimum absolute atomic E-state index is 0.785. The van der Waals surface area contributed by atoms with Crippen molar-refractivity contribution >= 4 is 17.8 Å².